The quantitative estimate of drug-likeness (QED) is 0.408. The van der Waals surface area contributed by atoms with Crippen LogP contribution in [0.4, 0.5) is 4.79 Å². The molecule has 0 saturated carbocycles. The third kappa shape index (κ3) is 6.44. The molecule has 108 valence electrons. The molecule has 19 heavy (non-hydrogen) atoms. The Morgan fingerprint density at radius 3 is 2.89 bits per heavy atom. The van der Waals surface area contributed by atoms with Crippen LogP contribution in [0.25, 0.3) is 0 Å². The Hall–Kier alpha value is -1.28. The Labute approximate surface area is 117 Å². The fourth-order valence-corrected chi connectivity index (χ4v) is 2.14. The number of hydrogen-bond acceptors (Lipinski definition) is 5. The van der Waals surface area contributed by atoms with E-state index < -0.39 is 6.09 Å². The van der Waals surface area contributed by atoms with E-state index in [1.807, 2.05) is 0 Å². The van der Waals surface area contributed by atoms with Crippen molar-refractivity contribution in [1.82, 2.24) is 25.2 Å². The number of hydrogen-bond donors (Lipinski definition) is 4. The number of unbranched alkanes of at least 4 members (excludes halogenated alkanes) is 1. The summed E-state index contributed by atoms with van der Waals surface area (Å²) in [5.41, 5.74) is 0. The van der Waals surface area contributed by atoms with E-state index >= 15 is 0 Å². The molecule has 0 aliphatic rings. The monoisotopic (exact) mass is 287 g/mol. The lowest BCUT2D eigenvalue weighted by Crippen LogP contribution is -2.27. The van der Waals surface area contributed by atoms with Crippen molar-refractivity contribution in [2.24, 2.45) is 0 Å². The average molecular weight is 287 g/mol. The van der Waals surface area contributed by atoms with Crippen LogP contribution in [0, 0.1) is 6.92 Å². The van der Waals surface area contributed by atoms with Crippen LogP contribution in [0.15, 0.2) is 0 Å². The van der Waals surface area contributed by atoms with Crippen molar-refractivity contribution in [3.05, 3.63) is 11.6 Å². The number of nitrogens with one attached hydrogen (secondary N) is 3. The molecule has 0 fully saturated rings. The zero-order valence-corrected chi connectivity index (χ0v) is 12.1. The lowest BCUT2D eigenvalue weighted by molar-refractivity contribution is 0.188. The largest absolute Gasteiger partial charge is 0.465 e. The smallest absolute Gasteiger partial charge is 0.405 e. The van der Waals surface area contributed by atoms with Gasteiger partial charge < -0.3 is 10.4 Å². The van der Waals surface area contributed by atoms with Gasteiger partial charge in [0.15, 0.2) is 5.82 Å². The van der Waals surface area contributed by atoms with Gasteiger partial charge in [0.05, 0.1) is 6.04 Å². The van der Waals surface area contributed by atoms with Gasteiger partial charge in [-0.25, -0.2) is 9.78 Å². The van der Waals surface area contributed by atoms with Gasteiger partial charge >= 0.3 is 6.09 Å². The normalized spacial score (nSPS) is 12.3. The molecule has 0 bridgehead atoms. The summed E-state index contributed by atoms with van der Waals surface area (Å²) in [4.78, 5) is 15.0. The highest BCUT2D eigenvalue weighted by Gasteiger charge is 2.17. The summed E-state index contributed by atoms with van der Waals surface area (Å²) in [5.74, 6) is 2.24. The molecule has 0 aliphatic heterocycles. The number of aromatic amines is 1. The van der Waals surface area contributed by atoms with Gasteiger partial charge in [-0.05, 0) is 26.2 Å². The Morgan fingerprint density at radius 1 is 1.53 bits per heavy atom. The van der Waals surface area contributed by atoms with E-state index in [1.165, 1.54) is 0 Å². The highest BCUT2D eigenvalue weighted by atomic mass is 32.2. The molecule has 8 heteroatoms. The minimum atomic E-state index is -1.05. The molecular weight excluding hydrogens is 266 g/mol. The minimum Gasteiger partial charge on any atom is -0.465 e. The minimum absolute atomic E-state index is 0.346. The predicted octanol–water partition coefficient (Wildman–Crippen LogP) is 1.85. The number of carboxylic acid groups (broad SMARTS) is 1. The second kappa shape index (κ2) is 8.76. The molecule has 1 aromatic heterocycles. The zero-order chi connectivity index (χ0) is 14.1. The molecule has 0 radical (unpaired) electrons. The number of nitrogens with zero attached hydrogens (tertiary/aromatic N) is 2. The number of carbonyl (C=O) groups is 1. The number of aromatic nitrogens is 3. The standard InChI is InChI=1S/C11H21N5O2S/c1-3-19-12-7-5-4-6-9(14-11(17)18)10-13-8(2)15-16-10/h9,12,14H,3-7H2,1-2H3,(H,17,18)(H,13,15,16). The van der Waals surface area contributed by atoms with Crippen LogP contribution in [0.3, 0.4) is 0 Å². The first-order chi connectivity index (χ1) is 9.13. The van der Waals surface area contributed by atoms with Gasteiger partial charge in [0, 0.05) is 12.3 Å². The maximum Gasteiger partial charge on any atom is 0.405 e. The van der Waals surface area contributed by atoms with E-state index in [9.17, 15) is 4.79 Å². The molecule has 1 atom stereocenters. The van der Waals surface area contributed by atoms with Crippen molar-refractivity contribution >= 4 is 18.0 Å². The van der Waals surface area contributed by atoms with Crippen molar-refractivity contribution in [2.75, 3.05) is 12.3 Å². The summed E-state index contributed by atoms with van der Waals surface area (Å²) >= 11 is 1.69. The summed E-state index contributed by atoms with van der Waals surface area (Å²) in [5, 5.41) is 18.0. The molecule has 0 aliphatic carbocycles. The van der Waals surface area contributed by atoms with Gasteiger partial charge in [-0.1, -0.05) is 18.9 Å². The first kappa shape index (κ1) is 15.8. The van der Waals surface area contributed by atoms with Crippen molar-refractivity contribution in [3.8, 4) is 0 Å². The van der Waals surface area contributed by atoms with Gasteiger partial charge in [0.1, 0.15) is 5.82 Å². The Balaban J connectivity index is 2.36. The third-order valence-corrected chi connectivity index (χ3v) is 3.19. The molecule has 0 aromatic carbocycles. The van der Waals surface area contributed by atoms with Gasteiger partial charge in [-0.3, -0.25) is 9.82 Å². The number of H-pyrrole nitrogens is 1. The van der Waals surface area contributed by atoms with E-state index in [0.717, 1.165) is 25.1 Å². The summed E-state index contributed by atoms with van der Waals surface area (Å²) in [7, 11) is 0. The van der Waals surface area contributed by atoms with E-state index in [1.54, 1.807) is 18.9 Å². The van der Waals surface area contributed by atoms with E-state index in [0.29, 0.717) is 18.1 Å². The molecule has 7 nitrogen and oxygen atoms in total. The number of rotatable bonds is 9. The highest BCUT2D eigenvalue weighted by molar-refractivity contribution is 7.97. The summed E-state index contributed by atoms with van der Waals surface area (Å²) in [6.07, 6.45) is 1.55. The molecule has 1 heterocycles. The molecule has 0 saturated heterocycles. The van der Waals surface area contributed by atoms with Crippen LogP contribution in [0.1, 0.15) is 43.9 Å². The topological polar surface area (TPSA) is 103 Å². The van der Waals surface area contributed by atoms with E-state index in [4.69, 9.17) is 5.11 Å². The maximum atomic E-state index is 10.8. The Morgan fingerprint density at radius 2 is 2.32 bits per heavy atom. The first-order valence-corrected chi connectivity index (χ1v) is 7.35. The molecule has 4 N–H and O–H groups in total. The molecule has 1 amide bonds. The lowest BCUT2D eigenvalue weighted by Gasteiger charge is -2.13. The van der Waals surface area contributed by atoms with Crippen LogP contribution in [0.5, 0.6) is 0 Å². The fraction of sp³-hybridized carbons (Fsp3) is 0.727. The SMILES string of the molecule is CCSNCCCCC(NC(=O)O)c1n[nH]c(C)n1. The summed E-state index contributed by atoms with van der Waals surface area (Å²) in [6.45, 7) is 4.81. The molecule has 1 aromatic rings. The van der Waals surface area contributed by atoms with Crippen molar-refractivity contribution in [1.29, 1.82) is 0 Å². The maximum absolute atomic E-state index is 10.8. The van der Waals surface area contributed by atoms with E-state index in [2.05, 4.69) is 32.1 Å². The average Bonchev–Trinajstić information content (AvgIpc) is 2.78. The lowest BCUT2D eigenvalue weighted by atomic mass is 10.1. The van der Waals surface area contributed by atoms with Crippen molar-refractivity contribution in [3.63, 3.8) is 0 Å². The fourth-order valence-electron chi connectivity index (χ4n) is 1.65. The highest BCUT2D eigenvalue weighted by Crippen LogP contribution is 2.15. The number of amides is 1. The summed E-state index contributed by atoms with van der Waals surface area (Å²) in [6, 6.07) is -0.346. The van der Waals surface area contributed by atoms with Crippen LogP contribution in [0.2, 0.25) is 0 Å². The molecule has 0 spiro atoms. The first-order valence-electron chi connectivity index (χ1n) is 6.36. The molecule has 1 rings (SSSR count). The second-order valence-electron chi connectivity index (χ2n) is 4.10. The molecule has 1 unspecified atom stereocenters. The van der Waals surface area contributed by atoms with Crippen LogP contribution >= 0.6 is 11.9 Å². The summed E-state index contributed by atoms with van der Waals surface area (Å²) < 4.78 is 3.24. The van der Waals surface area contributed by atoms with E-state index in [-0.39, 0.29) is 6.04 Å². The van der Waals surface area contributed by atoms with Crippen molar-refractivity contribution < 1.29 is 9.90 Å². The second-order valence-corrected chi connectivity index (χ2v) is 5.26. The number of aryl methyl sites for hydroxylation is 1. The zero-order valence-electron chi connectivity index (χ0n) is 11.3. The predicted molar refractivity (Wildman–Crippen MR) is 75.0 cm³/mol. The molecular formula is C11H21N5O2S. The third-order valence-electron chi connectivity index (χ3n) is 2.49. The van der Waals surface area contributed by atoms with Gasteiger partial charge in [0.25, 0.3) is 0 Å². The Bertz CT molecular complexity index is 385. The Kier molecular flexibility index (Phi) is 7.27. The van der Waals surface area contributed by atoms with Gasteiger partial charge in [0.2, 0.25) is 0 Å². The van der Waals surface area contributed by atoms with Gasteiger partial charge in [-0.15, -0.1) is 0 Å². The van der Waals surface area contributed by atoms with Crippen LogP contribution in [-0.2, 0) is 0 Å². The van der Waals surface area contributed by atoms with Gasteiger partial charge in [-0.2, -0.15) is 5.10 Å². The van der Waals surface area contributed by atoms with Crippen LogP contribution < -0.4 is 10.0 Å². The van der Waals surface area contributed by atoms with Crippen LogP contribution in [-0.4, -0.2) is 38.7 Å². The van der Waals surface area contributed by atoms with Crippen molar-refractivity contribution in [2.45, 2.75) is 39.2 Å².